The molecule has 2 atom stereocenters. The number of esters is 2. The Balaban J connectivity index is 1.35. The second-order valence-electron chi connectivity index (χ2n) is 11.1. The number of thiophene rings is 1. The molecule has 1 amide bonds. The van der Waals surface area contributed by atoms with E-state index in [0.717, 1.165) is 39.9 Å². The van der Waals surface area contributed by atoms with Crippen molar-refractivity contribution < 1.29 is 23.9 Å². The predicted octanol–water partition coefficient (Wildman–Crippen LogP) is 7.15. The molecule has 0 bridgehead atoms. The molecule has 208 valence electrons. The van der Waals surface area contributed by atoms with Crippen molar-refractivity contribution in [2.45, 2.75) is 53.1 Å². The maximum Gasteiger partial charge on any atom is 0.341 e. The number of benzene rings is 2. The molecule has 40 heavy (non-hydrogen) atoms. The fourth-order valence-corrected chi connectivity index (χ4v) is 7.38. The minimum Gasteiger partial charge on any atom is -0.465 e. The van der Waals surface area contributed by atoms with E-state index >= 15 is 0 Å². The molecule has 1 N–H and O–H groups in total. The molecular formula is C31H32N2O5S2. The number of anilines is 1. The zero-order valence-electron chi connectivity index (χ0n) is 23.2. The van der Waals surface area contributed by atoms with Crippen molar-refractivity contribution in [1.82, 2.24) is 4.98 Å². The average molecular weight is 577 g/mol. The van der Waals surface area contributed by atoms with Crippen LogP contribution in [-0.2, 0) is 27.1 Å². The normalized spacial score (nSPS) is 15.8. The van der Waals surface area contributed by atoms with E-state index in [9.17, 15) is 14.4 Å². The first-order valence-corrected chi connectivity index (χ1v) is 14.9. The van der Waals surface area contributed by atoms with Crippen molar-refractivity contribution in [3.63, 3.8) is 0 Å². The van der Waals surface area contributed by atoms with Gasteiger partial charge >= 0.3 is 11.9 Å². The predicted molar refractivity (Wildman–Crippen MR) is 159 cm³/mol. The summed E-state index contributed by atoms with van der Waals surface area (Å²) in [5.41, 5.74) is 3.32. The van der Waals surface area contributed by atoms with Gasteiger partial charge in [0, 0.05) is 10.4 Å². The first-order chi connectivity index (χ1) is 19.1. The Hall–Kier alpha value is -3.56. The Labute approximate surface area is 241 Å². The fraction of sp³-hybridized carbons (Fsp3) is 0.355. The molecule has 7 nitrogen and oxygen atoms in total. The molecule has 1 aliphatic carbocycles. The Morgan fingerprint density at radius 3 is 2.48 bits per heavy atom. The summed E-state index contributed by atoms with van der Waals surface area (Å²) in [6.45, 7) is 8.20. The van der Waals surface area contributed by atoms with Crippen LogP contribution in [0.15, 0.2) is 48.5 Å². The SMILES string of the molecule is COC(=O)c1c(NC(=O)C(C)OC(=O)c2ccccc2-c2nc3ccccc3s2)sc2c1CCC(C(C)(C)C)C2. The van der Waals surface area contributed by atoms with E-state index in [1.165, 1.54) is 36.7 Å². The van der Waals surface area contributed by atoms with Crippen molar-refractivity contribution in [3.8, 4) is 10.6 Å². The van der Waals surface area contributed by atoms with E-state index in [-0.39, 0.29) is 5.41 Å². The van der Waals surface area contributed by atoms with Gasteiger partial charge in [0.2, 0.25) is 0 Å². The van der Waals surface area contributed by atoms with E-state index in [4.69, 9.17) is 9.47 Å². The molecule has 0 radical (unpaired) electrons. The average Bonchev–Trinajstić information content (AvgIpc) is 3.52. The highest BCUT2D eigenvalue weighted by Gasteiger charge is 2.35. The minimum atomic E-state index is -1.09. The number of aromatic nitrogens is 1. The van der Waals surface area contributed by atoms with Crippen molar-refractivity contribution in [3.05, 3.63) is 70.1 Å². The lowest BCUT2D eigenvalue weighted by Gasteiger charge is -2.33. The van der Waals surface area contributed by atoms with Crippen LogP contribution < -0.4 is 5.32 Å². The smallest absolute Gasteiger partial charge is 0.341 e. The number of amides is 1. The third-order valence-corrected chi connectivity index (χ3v) is 9.68. The van der Waals surface area contributed by atoms with E-state index in [0.29, 0.717) is 32.6 Å². The molecule has 0 spiro atoms. The van der Waals surface area contributed by atoms with E-state index in [1.54, 1.807) is 12.1 Å². The summed E-state index contributed by atoms with van der Waals surface area (Å²) in [6, 6.07) is 14.9. The quantitative estimate of drug-likeness (QED) is 0.245. The third kappa shape index (κ3) is 5.53. The van der Waals surface area contributed by atoms with Crippen LogP contribution in [0.3, 0.4) is 0 Å². The van der Waals surface area contributed by atoms with Crippen LogP contribution in [0.1, 0.15) is 65.3 Å². The minimum absolute atomic E-state index is 0.140. The van der Waals surface area contributed by atoms with Gasteiger partial charge in [0.25, 0.3) is 5.91 Å². The van der Waals surface area contributed by atoms with Crippen LogP contribution in [0.5, 0.6) is 0 Å². The number of fused-ring (bicyclic) bond motifs is 2. The Kier molecular flexibility index (Phi) is 7.79. The number of carbonyl (C=O) groups excluding carboxylic acids is 3. The van der Waals surface area contributed by atoms with Gasteiger partial charge < -0.3 is 14.8 Å². The van der Waals surface area contributed by atoms with Crippen LogP contribution >= 0.6 is 22.7 Å². The molecule has 0 fully saturated rings. The van der Waals surface area contributed by atoms with Crippen LogP contribution in [0.2, 0.25) is 0 Å². The summed E-state index contributed by atoms with van der Waals surface area (Å²) in [6.07, 6.45) is 1.47. The number of methoxy groups -OCH3 is 1. The standard InChI is InChI=1S/C31H32N2O5S2/c1-17(38-29(35)20-11-7-6-10-19(20)27-32-22-12-8-9-13-23(22)39-27)26(34)33-28-25(30(36)37-5)21-15-14-18(31(2,3)4)16-24(21)40-28/h6-13,17-18H,14-16H2,1-5H3,(H,33,34). The number of rotatable bonds is 6. The highest BCUT2D eigenvalue weighted by molar-refractivity contribution is 7.21. The van der Waals surface area contributed by atoms with Crippen LogP contribution in [0.25, 0.3) is 20.8 Å². The van der Waals surface area contributed by atoms with Crippen LogP contribution in [-0.4, -0.2) is 36.0 Å². The fourth-order valence-electron chi connectivity index (χ4n) is 5.06. The van der Waals surface area contributed by atoms with Gasteiger partial charge in [-0.05, 0) is 61.3 Å². The number of ether oxygens (including phenoxy) is 2. The van der Waals surface area contributed by atoms with Crippen molar-refractivity contribution in [2.75, 3.05) is 12.4 Å². The maximum absolute atomic E-state index is 13.2. The molecule has 0 saturated carbocycles. The molecule has 0 aliphatic heterocycles. The van der Waals surface area contributed by atoms with Gasteiger partial charge in [0.1, 0.15) is 10.0 Å². The summed E-state index contributed by atoms with van der Waals surface area (Å²) < 4.78 is 11.7. The second kappa shape index (κ2) is 11.1. The summed E-state index contributed by atoms with van der Waals surface area (Å²) >= 11 is 2.90. The zero-order chi connectivity index (χ0) is 28.6. The highest BCUT2D eigenvalue weighted by Crippen LogP contribution is 2.44. The number of hydrogen-bond acceptors (Lipinski definition) is 8. The number of nitrogens with zero attached hydrogens (tertiary/aromatic N) is 1. The van der Waals surface area contributed by atoms with Crippen LogP contribution in [0.4, 0.5) is 5.00 Å². The number of para-hydroxylation sites is 1. The molecule has 1 aliphatic rings. The number of thiazole rings is 1. The van der Waals surface area contributed by atoms with Gasteiger partial charge in [-0.1, -0.05) is 51.1 Å². The van der Waals surface area contributed by atoms with E-state index in [2.05, 4.69) is 31.1 Å². The van der Waals surface area contributed by atoms with Crippen molar-refractivity contribution in [1.29, 1.82) is 0 Å². The zero-order valence-corrected chi connectivity index (χ0v) is 24.8. The first kappa shape index (κ1) is 28.0. The summed E-state index contributed by atoms with van der Waals surface area (Å²) in [4.78, 5) is 44.9. The molecule has 0 saturated heterocycles. The molecular weight excluding hydrogens is 544 g/mol. The van der Waals surface area contributed by atoms with Crippen molar-refractivity contribution >= 4 is 55.7 Å². The van der Waals surface area contributed by atoms with Gasteiger partial charge in [-0.15, -0.1) is 22.7 Å². The third-order valence-electron chi connectivity index (χ3n) is 7.44. The van der Waals surface area contributed by atoms with Gasteiger partial charge in [-0.3, -0.25) is 4.79 Å². The largest absolute Gasteiger partial charge is 0.465 e. The monoisotopic (exact) mass is 576 g/mol. The Morgan fingerprint density at radius 1 is 1.02 bits per heavy atom. The lowest BCUT2D eigenvalue weighted by molar-refractivity contribution is -0.123. The first-order valence-electron chi connectivity index (χ1n) is 13.3. The molecule has 2 aromatic heterocycles. The molecule has 4 aromatic rings. The van der Waals surface area contributed by atoms with Crippen LogP contribution in [0, 0.1) is 11.3 Å². The Morgan fingerprint density at radius 2 is 1.75 bits per heavy atom. The van der Waals surface area contributed by atoms with Gasteiger partial charge in [-0.2, -0.15) is 0 Å². The van der Waals surface area contributed by atoms with Crippen molar-refractivity contribution in [2.24, 2.45) is 11.3 Å². The number of hydrogen-bond donors (Lipinski definition) is 1. The summed E-state index contributed by atoms with van der Waals surface area (Å²) in [7, 11) is 1.34. The molecule has 2 aromatic carbocycles. The Bertz CT molecular complexity index is 1560. The second-order valence-corrected chi connectivity index (χ2v) is 13.2. The summed E-state index contributed by atoms with van der Waals surface area (Å²) in [5.74, 6) is -1.13. The molecule has 9 heteroatoms. The number of nitrogens with one attached hydrogen (secondary N) is 1. The number of carbonyl (C=O) groups is 3. The molecule has 2 unspecified atom stereocenters. The molecule has 5 rings (SSSR count). The van der Waals surface area contributed by atoms with Gasteiger partial charge in [0.15, 0.2) is 6.10 Å². The topological polar surface area (TPSA) is 94.6 Å². The van der Waals surface area contributed by atoms with Gasteiger partial charge in [-0.25, -0.2) is 14.6 Å². The lowest BCUT2D eigenvalue weighted by Crippen LogP contribution is -2.30. The van der Waals surface area contributed by atoms with E-state index < -0.39 is 23.9 Å². The molecule has 2 heterocycles. The van der Waals surface area contributed by atoms with Gasteiger partial charge in [0.05, 0.1) is 28.5 Å². The highest BCUT2D eigenvalue weighted by atomic mass is 32.1. The lowest BCUT2D eigenvalue weighted by atomic mass is 9.72. The van der Waals surface area contributed by atoms with E-state index in [1.807, 2.05) is 36.4 Å². The maximum atomic E-state index is 13.2. The summed E-state index contributed by atoms with van der Waals surface area (Å²) in [5, 5.41) is 3.99.